The summed E-state index contributed by atoms with van der Waals surface area (Å²) in [6.07, 6.45) is 2.20. The molecule has 0 spiro atoms. The van der Waals surface area contributed by atoms with E-state index in [1.165, 1.54) is 4.90 Å². The van der Waals surface area contributed by atoms with Crippen molar-refractivity contribution in [2.75, 3.05) is 34.0 Å². The Morgan fingerprint density at radius 3 is 2.40 bits per heavy atom. The number of ether oxygens (including phenoxy) is 4. The molecule has 30 heavy (non-hydrogen) atoms. The summed E-state index contributed by atoms with van der Waals surface area (Å²) in [5.74, 6) is 0.588. The van der Waals surface area contributed by atoms with Crippen LogP contribution in [0.25, 0.3) is 0 Å². The lowest BCUT2D eigenvalue weighted by molar-refractivity contribution is -0.133. The number of hydrogen-bond donors (Lipinski definition) is 0. The third-order valence-corrected chi connectivity index (χ3v) is 4.88. The third kappa shape index (κ3) is 6.22. The van der Waals surface area contributed by atoms with Gasteiger partial charge in [0.2, 0.25) is 0 Å². The van der Waals surface area contributed by atoms with Gasteiger partial charge in [-0.05, 0) is 54.8 Å². The highest BCUT2D eigenvalue weighted by atomic mass is 16.5. The predicted octanol–water partition coefficient (Wildman–Crippen LogP) is 3.07. The third-order valence-electron chi connectivity index (χ3n) is 4.88. The van der Waals surface area contributed by atoms with Crippen LogP contribution in [0.3, 0.4) is 0 Å². The van der Waals surface area contributed by atoms with Crippen LogP contribution in [0.15, 0.2) is 48.5 Å². The van der Waals surface area contributed by atoms with Gasteiger partial charge in [-0.25, -0.2) is 4.79 Å². The fraction of sp³-hybridized carbons (Fsp3) is 0.391. The molecule has 7 nitrogen and oxygen atoms in total. The second-order valence-electron chi connectivity index (χ2n) is 7.14. The number of rotatable bonds is 9. The minimum Gasteiger partial charge on any atom is -0.497 e. The number of nitrogens with zero attached hydrogens (tertiary/aromatic N) is 1. The minimum atomic E-state index is -0.549. The Morgan fingerprint density at radius 2 is 1.77 bits per heavy atom. The van der Waals surface area contributed by atoms with Crippen LogP contribution in [0.1, 0.15) is 28.8 Å². The van der Waals surface area contributed by atoms with Gasteiger partial charge < -0.3 is 23.8 Å². The highest BCUT2D eigenvalue weighted by molar-refractivity contribution is 5.91. The van der Waals surface area contributed by atoms with Crippen LogP contribution in [-0.4, -0.2) is 56.9 Å². The number of carbonyl (C=O) groups excluding carboxylic acids is 2. The maximum Gasteiger partial charge on any atom is 0.338 e. The summed E-state index contributed by atoms with van der Waals surface area (Å²) in [4.78, 5) is 26.0. The summed E-state index contributed by atoms with van der Waals surface area (Å²) < 4.78 is 21.5. The highest BCUT2D eigenvalue weighted by Gasteiger charge is 2.17. The number of hydrogen-bond acceptors (Lipinski definition) is 6. The number of amides is 1. The number of benzene rings is 2. The van der Waals surface area contributed by atoms with Gasteiger partial charge in [0.1, 0.15) is 18.1 Å². The molecule has 0 saturated carbocycles. The van der Waals surface area contributed by atoms with Gasteiger partial charge in [0.05, 0.1) is 18.8 Å². The summed E-state index contributed by atoms with van der Waals surface area (Å²) in [5.41, 5.74) is 1.32. The number of likely N-dealkylation sites (N-methyl/N-ethyl adjacent to an activating group) is 1. The van der Waals surface area contributed by atoms with E-state index in [-0.39, 0.29) is 18.6 Å². The summed E-state index contributed by atoms with van der Waals surface area (Å²) in [5, 5.41) is 0. The minimum absolute atomic E-state index is 0.135. The van der Waals surface area contributed by atoms with Crippen LogP contribution in [0.4, 0.5) is 0 Å². The molecule has 1 unspecified atom stereocenters. The molecule has 1 amide bonds. The highest BCUT2D eigenvalue weighted by Crippen LogP contribution is 2.17. The molecule has 1 fully saturated rings. The van der Waals surface area contributed by atoms with E-state index >= 15 is 0 Å². The fourth-order valence-corrected chi connectivity index (χ4v) is 3.07. The molecular weight excluding hydrogens is 386 g/mol. The molecule has 0 radical (unpaired) electrons. The van der Waals surface area contributed by atoms with Crippen molar-refractivity contribution in [3.8, 4) is 11.5 Å². The molecule has 1 heterocycles. The molecule has 1 aliphatic rings. The maximum atomic E-state index is 12.3. The molecule has 1 aliphatic heterocycles. The first-order chi connectivity index (χ1) is 14.5. The Labute approximate surface area is 176 Å². The molecule has 160 valence electrons. The zero-order chi connectivity index (χ0) is 21.3. The molecule has 7 heteroatoms. The Balaban J connectivity index is 1.42. The van der Waals surface area contributed by atoms with Crippen LogP contribution in [0, 0.1) is 0 Å². The lowest BCUT2D eigenvalue weighted by Gasteiger charge is -2.17. The van der Waals surface area contributed by atoms with Crippen molar-refractivity contribution in [1.29, 1.82) is 0 Å². The largest absolute Gasteiger partial charge is 0.497 e. The van der Waals surface area contributed by atoms with Crippen molar-refractivity contribution >= 4 is 11.9 Å². The van der Waals surface area contributed by atoms with E-state index in [1.54, 1.807) is 38.4 Å². The van der Waals surface area contributed by atoms with Gasteiger partial charge >= 0.3 is 5.97 Å². The van der Waals surface area contributed by atoms with Crippen molar-refractivity contribution in [2.24, 2.45) is 0 Å². The van der Waals surface area contributed by atoms with Crippen molar-refractivity contribution in [3.05, 3.63) is 59.7 Å². The Hall–Kier alpha value is -3.06. The average Bonchev–Trinajstić information content (AvgIpc) is 3.30. The monoisotopic (exact) mass is 413 g/mol. The van der Waals surface area contributed by atoms with Crippen LogP contribution < -0.4 is 9.47 Å². The van der Waals surface area contributed by atoms with Crippen molar-refractivity contribution in [1.82, 2.24) is 4.90 Å². The van der Waals surface area contributed by atoms with Crippen LogP contribution in [0.5, 0.6) is 11.5 Å². The quantitative estimate of drug-likeness (QED) is 0.588. The molecule has 2 aromatic carbocycles. The molecule has 1 saturated heterocycles. The molecule has 0 aliphatic carbocycles. The average molecular weight is 413 g/mol. The van der Waals surface area contributed by atoms with Crippen LogP contribution >= 0.6 is 0 Å². The molecule has 2 aromatic rings. The predicted molar refractivity (Wildman–Crippen MR) is 111 cm³/mol. The van der Waals surface area contributed by atoms with E-state index in [9.17, 15) is 9.59 Å². The van der Waals surface area contributed by atoms with Gasteiger partial charge in [-0.2, -0.15) is 0 Å². The van der Waals surface area contributed by atoms with Crippen molar-refractivity contribution in [3.63, 3.8) is 0 Å². The van der Waals surface area contributed by atoms with Crippen molar-refractivity contribution in [2.45, 2.75) is 25.5 Å². The second kappa shape index (κ2) is 10.6. The van der Waals surface area contributed by atoms with E-state index in [0.29, 0.717) is 24.5 Å². The van der Waals surface area contributed by atoms with Gasteiger partial charge in [0, 0.05) is 20.2 Å². The fourth-order valence-electron chi connectivity index (χ4n) is 3.07. The summed E-state index contributed by atoms with van der Waals surface area (Å²) >= 11 is 0. The zero-order valence-corrected chi connectivity index (χ0v) is 17.3. The Bertz CT molecular complexity index is 828. The first kappa shape index (κ1) is 21.6. The molecule has 3 rings (SSSR count). The smallest absolute Gasteiger partial charge is 0.338 e. The number of carbonyl (C=O) groups is 2. The molecule has 0 aromatic heterocycles. The van der Waals surface area contributed by atoms with Crippen LogP contribution in [-0.2, 0) is 20.8 Å². The van der Waals surface area contributed by atoms with E-state index in [4.69, 9.17) is 18.9 Å². The zero-order valence-electron chi connectivity index (χ0n) is 17.3. The Kier molecular flexibility index (Phi) is 7.68. The standard InChI is InChI=1S/C23H27NO6/c1-24(14-17-5-9-19(27-2)10-6-17)22(25)16-30-23(26)18-7-11-20(12-8-18)29-15-21-4-3-13-28-21/h5-12,21H,3-4,13-16H2,1-2H3. The molecular formula is C23H27NO6. The van der Waals surface area contributed by atoms with E-state index in [0.717, 1.165) is 30.8 Å². The lowest BCUT2D eigenvalue weighted by atomic mass is 10.2. The summed E-state index contributed by atoms with van der Waals surface area (Å²) in [6, 6.07) is 14.1. The van der Waals surface area contributed by atoms with Gasteiger partial charge in [-0.15, -0.1) is 0 Å². The Morgan fingerprint density at radius 1 is 1.07 bits per heavy atom. The van der Waals surface area contributed by atoms with E-state index < -0.39 is 5.97 Å². The maximum absolute atomic E-state index is 12.3. The first-order valence-corrected chi connectivity index (χ1v) is 9.93. The van der Waals surface area contributed by atoms with Crippen LogP contribution in [0.2, 0.25) is 0 Å². The van der Waals surface area contributed by atoms with Gasteiger partial charge in [0.15, 0.2) is 6.61 Å². The van der Waals surface area contributed by atoms with E-state index in [2.05, 4.69) is 0 Å². The molecule has 1 atom stereocenters. The van der Waals surface area contributed by atoms with Crippen molar-refractivity contribution < 1.29 is 28.5 Å². The molecule has 0 N–H and O–H groups in total. The first-order valence-electron chi connectivity index (χ1n) is 9.93. The van der Waals surface area contributed by atoms with Gasteiger partial charge in [-0.3, -0.25) is 4.79 Å². The SMILES string of the molecule is COc1ccc(CN(C)C(=O)COC(=O)c2ccc(OCC3CCCO3)cc2)cc1. The van der Waals surface area contributed by atoms with Gasteiger partial charge in [-0.1, -0.05) is 12.1 Å². The molecule has 0 bridgehead atoms. The van der Waals surface area contributed by atoms with E-state index in [1.807, 2.05) is 24.3 Å². The topological polar surface area (TPSA) is 74.3 Å². The lowest BCUT2D eigenvalue weighted by Crippen LogP contribution is -2.30. The summed E-state index contributed by atoms with van der Waals surface area (Å²) in [6.45, 7) is 1.38. The normalized spacial score (nSPS) is 15.5. The number of methoxy groups -OCH3 is 1. The number of esters is 1. The van der Waals surface area contributed by atoms with Gasteiger partial charge in [0.25, 0.3) is 5.91 Å². The summed E-state index contributed by atoms with van der Waals surface area (Å²) in [7, 11) is 3.27. The second-order valence-corrected chi connectivity index (χ2v) is 7.14.